The smallest absolute Gasteiger partial charge is 0.260 e. The molecule has 1 atom stereocenters. The second-order valence-electron chi connectivity index (χ2n) is 3.29. The molecule has 0 saturated carbocycles. The third kappa shape index (κ3) is 2.32. The third-order valence-electron chi connectivity index (χ3n) is 2.07. The molecule has 1 aromatic heterocycles. The molecule has 0 aliphatic rings. The molecule has 5 heteroatoms. The van der Waals surface area contributed by atoms with E-state index in [4.69, 9.17) is 16.0 Å². The molecule has 1 aromatic carbocycles. The van der Waals surface area contributed by atoms with Crippen LogP contribution in [-0.2, 0) is 6.42 Å². The van der Waals surface area contributed by atoms with Crippen LogP contribution in [0, 0.1) is 0 Å². The van der Waals surface area contributed by atoms with Crippen LogP contribution in [0.3, 0.4) is 0 Å². The highest BCUT2D eigenvalue weighted by Gasteiger charge is 2.13. The van der Waals surface area contributed by atoms with E-state index in [0.29, 0.717) is 12.3 Å². The monoisotopic (exact) mass is 204 g/mol. The number of nitrogens with zero attached hydrogens (tertiary/aromatic N) is 2. The number of benzene rings is 1. The van der Waals surface area contributed by atoms with E-state index in [1.165, 1.54) is 0 Å². The number of aromatic nitrogens is 2. The summed E-state index contributed by atoms with van der Waals surface area (Å²) in [5.41, 5.74) is 12.4. The quantitative estimate of drug-likeness (QED) is 0.774. The fraction of sp³-hybridized carbons (Fsp3) is 0.200. The average Bonchev–Trinajstić information content (AvgIpc) is 2.66. The minimum absolute atomic E-state index is 0.119. The maximum atomic E-state index is 5.89. The van der Waals surface area contributed by atoms with Crippen LogP contribution >= 0.6 is 0 Å². The van der Waals surface area contributed by atoms with Crippen LogP contribution in [0.4, 0.5) is 5.95 Å². The summed E-state index contributed by atoms with van der Waals surface area (Å²) in [4.78, 5) is 3.88. The normalized spacial score (nSPS) is 12.6. The SMILES string of the molecule is Nc1noc([C@@H](N)Cc2ccccc2)n1. The first-order chi connectivity index (χ1) is 7.25. The molecule has 2 aromatic rings. The largest absolute Gasteiger partial charge is 0.365 e. The lowest BCUT2D eigenvalue weighted by Gasteiger charge is -2.05. The van der Waals surface area contributed by atoms with Crippen LogP contribution in [0.2, 0.25) is 0 Å². The standard InChI is InChI=1S/C10H12N4O/c11-8(9-13-10(12)14-15-9)6-7-4-2-1-3-5-7/h1-5,8H,6,11H2,(H2,12,14)/t8-/m0/s1. The number of anilines is 1. The van der Waals surface area contributed by atoms with E-state index in [2.05, 4.69) is 10.1 Å². The lowest BCUT2D eigenvalue weighted by Crippen LogP contribution is -2.13. The molecule has 0 radical (unpaired) electrons. The highest BCUT2D eigenvalue weighted by molar-refractivity contribution is 5.18. The van der Waals surface area contributed by atoms with E-state index >= 15 is 0 Å². The molecule has 0 amide bonds. The Kier molecular flexibility index (Phi) is 2.64. The van der Waals surface area contributed by atoms with E-state index in [-0.39, 0.29) is 12.0 Å². The van der Waals surface area contributed by atoms with E-state index in [9.17, 15) is 0 Å². The molecule has 0 spiro atoms. The van der Waals surface area contributed by atoms with Gasteiger partial charge in [-0.1, -0.05) is 30.3 Å². The van der Waals surface area contributed by atoms with Gasteiger partial charge in [-0.2, -0.15) is 4.98 Å². The van der Waals surface area contributed by atoms with Gasteiger partial charge < -0.3 is 16.0 Å². The van der Waals surface area contributed by atoms with Crippen molar-refractivity contribution in [2.45, 2.75) is 12.5 Å². The van der Waals surface area contributed by atoms with Gasteiger partial charge in [0, 0.05) is 0 Å². The molecule has 78 valence electrons. The minimum atomic E-state index is -0.308. The Hall–Kier alpha value is -1.88. The molecule has 0 aliphatic heterocycles. The van der Waals surface area contributed by atoms with Gasteiger partial charge in [0.2, 0.25) is 5.89 Å². The van der Waals surface area contributed by atoms with E-state index in [1.807, 2.05) is 30.3 Å². The minimum Gasteiger partial charge on any atom is -0.365 e. The molecular weight excluding hydrogens is 192 g/mol. The van der Waals surface area contributed by atoms with Gasteiger partial charge in [0.1, 0.15) is 0 Å². The maximum Gasteiger partial charge on any atom is 0.260 e. The van der Waals surface area contributed by atoms with Crippen molar-refractivity contribution >= 4 is 5.95 Å². The van der Waals surface area contributed by atoms with Crippen molar-refractivity contribution in [2.24, 2.45) is 5.73 Å². The summed E-state index contributed by atoms with van der Waals surface area (Å²) in [6.07, 6.45) is 0.655. The van der Waals surface area contributed by atoms with Gasteiger partial charge in [-0.05, 0) is 17.1 Å². The summed E-state index contributed by atoms with van der Waals surface area (Å²) in [5, 5.41) is 3.49. The Morgan fingerprint density at radius 3 is 2.60 bits per heavy atom. The lowest BCUT2D eigenvalue weighted by molar-refractivity contribution is 0.355. The zero-order chi connectivity index (χ0) is 10.7. The summed E-state index contributed by atoms with van der Waals surface area (Å²) < 4.78 is 4.89. The number of nitrogen functional groups attached to an aromatic ring is 1. The Balaban J connectivity index is 2.07. The number of hydrogen-bond donors (Lipinski definition) is 2. The molecule has 15 heavy (non-hydrogen) atoms. The van der Waals surface area contributed by atoms with Gasteiger partial charge in [-0.25, -0.2) is 0 Å². The predicted molar refractivity (Wildman–Crippen MR) is 55.8 cm³/mol. The van der Waals surface area contributed by atoms with Crippen LogP contribution in [0.25, 0.3) is 0 Å². The number of rotatable bonds is 3. The second kappa shape index (κ2) is 4.10. The maximum absolute atomic E-state index is 5.89. The van der Waals surface area contributed by atoms with Crippen molar-refractivity contribution in [3.63, 3.8) is 0 Å². The molecule has 0 saturated heterocycles. The summed E-state index contributed by atoms with van der Waals surface area (Å²) in [7, 11) is 0. The zero-order valence-electron chi connectivity index (χ0n) is 8.13. The van der Waals surface area contributed by atoms with Crippen molar-refractivity contribution in [1.82, 2.24) is 10.1 Å². The van der Waals surface area contributed by atoms with Crippen LogP contribution < -0.4 is 11.5 Å². The molecule has 0 aliphatic carbocycles. The van der Waals surface area contributed by atoms with Crippen LogP contribution in [0.15, 0.2) is 34.9 Å². The van der Waals surface area contributed by atoms with Gasteiger partial charge in [-0.15, -0.1) is 0 Å². The van der Waals surface area contributed by atoms with E-state index in [0.717, 1.165) is 5.56 Å². The Morgan fingerprint density at radius 1 is 1.27 bits per heavy atom. The summed E-state index contributed by atoms with van der Waals surface area (Å²) in [6.45, 7) is 0. The van der Waals surface area contributed by atoms with Crippen molar-refractivity contribution in [2.75, 3.05) is 5.73 Å². The summed E-state index contributed by atoms with van der Waals surface area (Å²) in [6, 6.07) is 9.57. The van der Waals surface area contributed by atoms with Crippen molar-refractivity contribution in [3.8, 4) is 0 Å². The van der Waals surface area contributed by atoms with Crippen molar-refractivity contribution < 1.29 is 4.52 Å². The first-order valence-corrected chi connectivity index (χ1v) is 4.64. The average molecular weight is 204 g/mol. The van der Waals surface area contributed by atoms with E-state index in [1.54, 1.807) is 0 Å². The number of hydrogen-bond acceptors (Lipinski definition) is 5. The van der Waals surface area contributed by atoms with Crippen molar-refractivity contribution in [1.29, 1.82) is 0 Å². The topological polar surface area (TPSA) is 91.0 Å². The lowest BCUT2D eigenvalue weighted by atomic mass is 10.1. The Labute approximate surface area is 87.1 Å². The first-order valence-electron chi connectivity index (χ1n) is 4.64. The van der Waals surface area contributed by atoms with Gasteiger partial charge in [0.15, 0.2) is 0 Å². The summed E-state index contributed by atoms with van der Waals surface area (Å²) in [5.74, 6) is 0.491. The third-order valence-corrected chi connectivity index (χ3v) is 2.07. The number of nitrogens with two attached hydrogens (primary N) is 2. The molecule has 5 nitrogen and oxygen atoms in total. The molecule has 4 N–H and O–H groups in total. The van der Waals surface area contributed by atoms with Gasteiger partial charge in [-0.3, -0.25) is 0 Å². The molecule has 1 heterocycles. The van der Waals surface area contributed by atoms with E-state index < -0.39 is 0 Å². The molecule has 2 rings (SSSR count). The highest BCUT2D eigenvalue weighted by Crippen LogP contribution is 2.14. The second-order valence-corrected chi connectivity index (χ2v) is 3.29. The van der Waals surface area contributed by atoms with Crippen LogP contribution in [-0.4, -0.2) is 10.1 Å². The van der Waals surface area contributed by atoms with Gasteiger partial charge >= 0.3 is 0 Å². The Morgan fingerprint density at radius 2 is 2.00 bits per heavy atom. The fourth-order valence-corrected chi connectivity index (χ4v) is 1.35. The predicted octanol–water partition coefficient (Wildman–Crippen LogP) is 0.894. The highest BCUT2D eigenvalue weighted by atomic mass is 16.5. The van der Waals surface area contributed by atoms with Gasteiger partial charge in [0.05, 0.1) is 6.04 Å². The fourth-order valence-electron chi connectivity index (χ4n) is 1.35. The van der Waals surface area contributed by atoms with Gasteiger partial charge in [0.25, 0.3) is 5.95 Å². The Bertz CT molecular complexity index is 426. The van der Waals surface area contributed by atoms with Crippen LogP contribution in [0.5, 0.6) is 0 Å². The molecular formula is C10H12N4O. The zero-order valence-corrected chi connectivity index (χ0v) is 8.13. The first kappa shape index (κ1) is 9.67. The summed E-state index contributed by atoms with van der Waals surface area (Å²) >= 11 is 0. The molecule has 0 unspecified atom stereocenters. The molecule has 0 bridgehead atoms. The molecule has 0 fully saturated rings. The van der Waals surface area contributed by atoms with Crippen molar-refractivity contribution in [3.05, 3.63) is 41.8 Å². The van der Waals surface area contributed by atoms with Crippen LogP contribution in [0.1, 0.15) is 17.5 Å².